The predicted octanol–water partition coefficient (Wildman–Crippen LogP) is 4.03. The maximum atomic E-state index is 13.3. The Morgan fingerprint density at radius 3 is 2.50 bits per heavy atom. The third-order valence-corrected chi connectivity index (χ3v) is 7.36. The molecule has 3 aromatic rings. The third-order valence-electron chi connectivity index (χ3n) is 7.04. The van der Waals surface area contributed by atoms with Crippen molar-refractivity contribution in [2.45, 2.75) is 39.2 Å². The molecule has 0 aliphatic heterocycles. The standard InChI is InChI=1S/C25H25ClN4O4/c1-13-20(12-34-29-13)24(31)28-23(18-10-16-9-17(16)11-18)25(32)27-19-5-3-15(4-6-19)22-14(2)30(33)8-7-21(22)26/h3-8,12,16-18,23H,9-11H2,1-2H3,(H,27,32)(H,28,31)/t16-,17+,18?,23-/m1/s1. The Labute approximate surface area is 201 Å². The number of carbonyl (C=O) groups is 2. The van der Waals surface area contributed by atoms with Crippen LogP contribution in [-0.4, -0.2) is 23.0 Å². The molecule has 2 heterocycles. The highest BCUT2D eigenvalue weighted by molar-refractivity contribution is 6.33. The van der Waals surface area contributed by atoms with Crippen LogP contribution in [0, 0.1) is 36.8 Å². The summed E-state index contributed by atoms with van der Waals surface area (Å²) in [7, 11) is 0. The molecule has 0 radical (unpaired) electrons. The summed E-state index contributed by atoms with van der Waals surface area (Å²) in [6.07, 6.45) is 5.76. The van der Waals surface area contributed by atoms with Crippen molar-refractivity contribution in [3.8, 4) is 11.1 Å². The SMILES string of the molecule is Cc1nocc1C(=O)N[C@@H](C(=O)Nc1ccc(-c2c(Cl)cc[n+]([O-])c2C)cc1)C1C[C@@H]2C[C@@H]2C1. The molecule has 2 aliphatic carbocycles. The Morgan fingerprint density at radius 1 is 1.15 bits per heavy atom. The van der Waals surface area contributed by atoms with E-state index in [1.165, 1.54) is 18.9 Å². The Bertz CT molecular complexity index is 1250. The zero-order valence-electron chi connectivity index (χ0n) is 18.9. The van der Waals surface area contributed by atoms with E-state index in [-0.39, 0.29) is 17.7 Å². The van der Waals surface area contributed by atoms with Crippen LogP contribution in [0.5, 0.6) is 0 Å². The maximum absolute atomic E-state index is 13.3. The van der Waals surface area contributed by atoms with Gasteiger partial charge in [0.25, 0.3) is 5.91 Å². The Balaban J connectivity index is 1.33. The van der Waals surface area contributed by atoms with Crippen molar-refractivity contribution in [2.75, 3.05) is 5.32 Å². The largest absolute Gasteiger partial charge is 0.618 e. The average molecular weight is 481 g/mol. The predicted molar refractivity (Wildman–Crippen MR) is 126 cm³/mol. The fraction of sp³-hybridized carbons (Fsp3) is 0.360. The van der Waals surface area contributed by atoms with Crippen molar-refractivity contribution in [1.29, 1.82) is 0 Å². The summed E-state index contributed by atoms with van der Waals surface area (Å²) < 4.78 is 5.66. The number of amides is 2. The Kier molecular flexibility index (Phi) is 5.77. The van der Waals surface area contributed by atoms with Crippen molar-refractivity contribution in [3.05, 3.63) is 70.0 Å². The quantitative estimate of drug-likeness (QED) is 0.408. The van der Waals surface area contributed by atoms with Gasteiger partial charge in [0.15, 0.2) is 11.9 Å². The molecule has 8 nitrogen and oxygen atoms in total. The topological polar surface area (TPSA) is 111 Å². The molecular formula is C25H25ClN4O4. The van der Waals surface area contributed by atoms with Crippen molar-refractivity contribution in [1.82, 2.24) is 10.5 Å². The van der Waals surface area contributed by atoms with E-state index in [1.54, 1.807) is 32.0 Å². The van der Waals surface area contributed by atoms with Crippen molar-refractivity contribution in [2.24, 2.45) is 17.8 Å². The van der Waals surface area contributed by atoms with Crippen LogP contribution in [0.4, 0.5) is 5.69 Å². The van der Waals surface area contributed by atoms with E-state index in [1.807, 2.05) is 12.1 Å². The summed E-state index contributed by atoms with van der Waals surface area (Å²) in [5.41, 5.74) is 3.32. The second-order valence-electron chi connectivity index (χ2n) is 9.27. The first kappa shape index (κ1) is 22.4. The number of aromatic nitrogens is 2. The molecule has 2 amide bonds. The minimum absolute atomic E-state index is 0.0883. The molecule has 0 spiro atoms. The molecule has 1 aromatic carbocycles. The van der Waals surface area contributed by atoms with Gasteiger partial charge in [-0.1, -0.05) is 28.9 Å². The van der Waals surface area contributed by atoms with Crippen LogP contribution in [0.15, 0.2) is 47.3 Å². The normalized spacial score (nSPS) is 21.6. The average Bonchev–Trinajstić information content (AvgIpc) is 3.19. The zero-order valence-corrected chi connectivity index (χ0v) is 19.6. The van der Waals surface area contributed by atoms with E-state index in [0.717, 1.165) is 23.1 Å². The minimum atomic E-state index is -0.653. The number of carbonyl (C=O) groups excluding carboxylic acids is 2. The van der Waals surface area contributed by atoms with Crippen molar-refractivity contribution in [3.63, 3.8) is 0 Å². The van der Waals surface area contributed by atoms with E-state index in [2.05, 4.69) is 15.8 Å². The number of hydrogen-bond donors (Lipinski definition) is 2. The molecule has 0 saturated heterocycles. The second kappa shape index (κ2) is 8.76. The molecule has 2 aromatic heterocycles. The number of anilines is 1. The molecule has 34 heavy (non-hydrogen) atoms. The summed E-state index contributed by atoms with van der Waals surface area (Å²) in [6, 6.07) is 8.05. The van der Waals surface area contributed by atoms with Gasteiger partial charge in [0.1, 0.15) is 17.9 Å². The molecule has 176 valence electrons. The van der Waals surface area contributed by atoms with Gasteiger partial charge in [0, 0.05) is 18.7 Å². The lowest BCUT2D eigenvalue weighted by Crippen LogP contribution is -2.48. The molecular weight excluding hydrogens is 456 g/mol. The van der Waals surface area contributed by atoms with Gasteiger partial charge in [-0.3, -0.25) is 9.59 Å². The molecule has 5 rings (SSSR count). The molecule has 4 atom stereocenters. The maximum Gasteiger partial charge on any atom is 0.257 e. The Hall–Kier alpha value is -3.39. The monoisotopic (exact) mass is 480 g/mol. The first-order valence-corrected chi connectivity index (χ1v) is 11.7. The molecule has 2 saturated carbocycles. The fourth-order valence-corrected chi connectivity index (χ4v) is 5.36. The van der Waals surface area contributed by atoms with Crippen LogP contribution < -0.4 is 15.4 Å². The van der Waals surface area contributed by atoms with Gasteiger partial charge in [0.2, 0.25) is 5.91 Å². The summed E-state index contributed by atoms with van der Waals surface area (Å²) in [5, 5.41) is 22.1. The van der Waals surface area contributed by atoms with Gasteiger partial charge in [-0.15, -0.1) is 0 Å². The first-order chi connectivity index (χ1) is 16.3. The lowest BCUT2D eigenvalue weighted by atomic mass is 9.93. The lowest BCUT2D eigenvalue weighted by molar-refractivity contribution is -0.611. The van der Waals surface area contributed by atoms with Gasteiger partial charge in [-0.05, 0) is 61.6 Å². The van der Waals surface area contributed by atoms with Gasteiger partial charge in [-0.25, -0.2) is 0 Å². The zero-order chi connectivity index (χ0) is 24.0. The number of rotatable bonds is 6. The molecule has 2 N–H and O–H groups in total. The van der Waals surface area contributed by atoms with E-state index in [9.17, 15) is 14.8 Å². The summed E-state index contributed by atoms with van der Waals surface area (Å²) in [6.45, 7) is 3.40. The number of benzene rings is 1. The van der Waals surface area contributed by atoms with Crippen molar-refractivity contribution >= 4 is 29.1 Å². The number of nitrogens with one attached hydrogen (secondary N) is 2. The number of nitrogens with zero attached hydrogens (tertiary/aromatic N) is 2. The van der Waals surface area contributed by atoms with Gasteiger partial charge in [0.05, 0.1) is 16.3 Å². The van der Waals surface area contributed by atoms with Crippen LogP contribution in [-0.2, 0) is 4.79 Å². The van der Waals surface area contributed by atoms with Crippen LogP contribution in [0.3, 0.4) is 0 Å². The number of halogens is 1. The van der Waals surface area contributed by atoms with E-state index in [0.29, 0.717) is 45.1 Å². The number of aryl methyl sites for hydroxylation is 1. The molecule has 9 heteroatoms. The van der Waals surface area contributed by atoms with Crippen LogP contribution >= 0.6 is 11.6 Å². The van der Waals surface area contributed by atoms with E-state index in [4.69, 9.17) is 16.1 Å². The third kappa shape index (κ3) is 4.25. The van der Waals surface area contributed by atoms with Gasteiger partial charge < -0.3 is 20.4 Å². The smallest absolute Gasteiger partial charge is 0.257 e. The highest BCUT2D eigenvalue weighted by atomic mass is 35.5. The number of hydrogen-bond acceptors (Lipinski definition) is 5. The van der Waals surface area contributed by atoms with Crippen LogP contribution in [0.25, 0.3) is 11.1 Å². The summed E-state index contributed by atoms with van der Waals surface area (Å²) in [4.78, 5) is 26.1. The first-order valence-electron chi connectivity index (χ1n) is 11.3. The summed E-state index contributed by atoms with van der Waals surface area (Å²) in [5.74, 6) is 0.793. The van der Waals surface area contributed by atoms with E-state index < -0.39 is 6.04 Å². The van der Waals surface area contributed by atoms with Gasteiger partial charge >= 0.3 is 0 Å². The number of fused-ring (bicyclic) bond motifs is 1. The highest BCUT2D eigenvalue weighted by Crippen LogP contribution is 2.55. The highest BCUT2D eigenvalue weighted by Gasteiger charge is 2.49. The van der Waals surface area contributed by atoms with Crippen LogP contribution in [0.1, 0.15) is 41.0 Å². The summed E-state index contributed by atoms with van der Waals surface area (Å²) >= 11 is 6.32. The molecule has 2 fully saturated rings. The van der Waals surface area contributed by atoms with Crippen LogP contribution in [0.2, 0.25) is 5.02 Å². The number of pyridine rings is 1. The van der Waals surface area contributed by atoms with E-state index >= 15 is 0 Å². The lowest BCUT2D eigenvalue weighted by Gasteiger charge is -2.25. The molecule has 0 bridgehead atoms. The fourth-order valence-electron chi connectivity index (χ4n) is 5.06. The van der Waals surface area contributed by atoms with Gasteiger partial charge in [-0.2, -0.15) is 4.73 Å². The van der Waals surface area contributed by atoms with Crippen molar-refractivity contribution < 1.29 is 18.8 Å². The molecule has 1 unspecified atom stereocenters. The Morgan fingerprint density at radius 2 is 1.85 bits per heavy atom. The second-order valence-corrected chi connectivity index (χ2v) is 9.68. The molecule has 2 aliphatic rings. The minimum Gasteiger partial charge on any atom is -0.618 e.